The molecule has 1 aromatic carbocycles. The molecule has 1 aromatic rings. The van der Waals surface area contributed by atoms with Gasteiger partial charge in [0.25, 0.3) is 5.91 Å². The Hall–Kier alpha value is -1.56. The maximum Gasteiger partial charge on any atom is 0.264 e. The summed E-state index contributed by atoms with van der Waals surface area (Å²) in [6.45, 7) is 2.96. The summed E-state index contributed by atoms with van der Waals surface area (Å²) in [7, 11) is -3.62. The number of amides is 1. The molecule has 5 nitrogen and oxygen atoms in total. The molecule has 0 spiro atoms. The van der Waals surface area contributed by atoms with Gasteiger partial charge in [-0.15, -0.1) is 0 Å². The fraction of sp³-hybridized carbons (Fsp3) is 0.300. The third-order valence-corrected chi connectivity index (χ3v) is 3.70. The molecule has 0 unspecified atom stereocenters. The Labute approximate surface area is 94.2 Å². The number of hydrogen-bond donors (Lipinski definition) is 2. The van der Waals surface area contributed by atoms with Crippen molar-refractivity contribution in [2.45, 2.75) is 19.1 Å². The van der Waals surface area contributed by atoms with Gasteiger partial charge in [-0.05, 0) is 38.1 Å². The summed E-state index contributed by atoms with van der Waals surface area (Å²) in [5.41, 5.74) is 0.182. The molecule has 0 saturated carbocycles. The topological polar surface area (TPSA) is 83.5 Å². The van der Waals surface area contributed by atoms with Crippen molar-refractivity contribution in [3.63, 3.8) is 0 Å². The fourth-order valence-electron chi connectivity index (χ4n) is 0.919. The molecule has 0 radical (unpaired) electrons. The number of phenols is 1. The second-order valence-electron chi connectivity index (χ2n) is 3.57. The lowest BCUT2D eigenvalue weighted by atomic mass is 10.2. The first kappa shape index (κ1) is 12.5. The third kappa shape index (κ3) is 2.96. The van der Waals surface area contributed by atoms with Crippen LogP contribution in [0.25, 0.3) is 0 Å². The molecule has 0 atom stereocenters. The number of sulfonamides is 1. The molecule has 16 heavy (non-hydrogen) atoms. The van der Waals surface area contributed by atoms with Gasteiger partial charge in [0.15, 0.2) is 0 Å². The van der Waals surface area contributed by atoms with E-state index >= 15 is 0 Å². The Morgan fingerprint density at radius 1 is 1.25 bits per heavy atom. The highest BCUT2D eigenvalue weighted by Gasteiger charge is 2.19. The Morgan fingerprint density at radius 3 is 2.19 bits per heavy atom. The van der Waals surface area contributed by atoms with Gasteiger partial charge in [0, 0.05) is 5.56 Å². The van der Waals surface area contributed by atoms with Crippen molar-refractivity contribution in [3.05, 3.63) is 29.8 Å². The first-order valence-electron chi connectivity index (χ1n) is 4.68. The largest absolute Gasteiger partial charge is 0.508 e. The average molecular weight is 243 g/mol. The SMILES string of the molecule is CC(C)S(=O)(=O)NC(=O)c1ccc(O)cc1. The van der Waals surface area contributed by atoms with Crippen molar-refractivity contribution in [3.8, 4) is 5.75 Å². The summed E-state index contributed by atoms with van der Waals surface area (Å²) in [4.78, 5) is 11.5. The monoisotopic (exact) mass is 243 g/mol. The summed E-state index contributed by atoms with van der Waals surface area (Å²) in [5, 5.41) is 8.34. The van der Waals surface area contributed by atoms with Crippen LogP contribution in [0.15, 0.2) is 24.3 Å². The number of aromatic hydroxyl groups is 1. The van der Waals surface area contributed by atoms with Gasteiger partial charge in [-0.3, -0.25) is 4.79 Å². The van der Waals surface area contributed by atoms with Crippen LogP contribution >= 0.6 is 0 Å². The van der Waals surface area contributed by atoms with Crippen LogP contribution < -0.4 is 4.72 Å². The summed E-state index contributed by atoms with van der Waals surface area (Å²) in [6, 6.07) is 5.33. The molecule has 1 rings (SSSR count). The molecule has 6 heteroatoms. The summed E-state index contributed by atoms with van der Waals surface area (Å²) in [5.74, 6) is -0.683. The van der Waals surface area contributed by atoms with Crippen LogP contribution in [0.2, 0.25) is 0 Å². The van der Waals surface area contributed by atoms with Gasteiger partial charge in [-0.25, -0.2) is 13.1 Å². The molecule has 0 aliphatic carbocycles. The van der Waals surface area contributed by atoms with Crippen LogP contribution in [0.4, 0.5) is 0 Å². The molecule has 0 bridgehead atoms. The number of phenolic OH excluding ortho intramolecular Hbond substituents is 1. The molecule has 0 aliphatic rings. The van der Waals surface area contributed by atoms with E-state index in [1.165, 1.54) is 38.1 Å². The standard InChI is InChI=1S/C10H13NO4S/c1-7(2)16(14,15)11-10(13)8-3-5-9(12)6-4-8/h3-7,12H,1-2H3,(H,11,13). The fourth-order valence-corrected chi connectivity index (χ4v) is 1.53. The van der Waals surface area contributed by atoms with E-state index < -0.39 is 21.2 Å². The molecule has 0 saturated heterocycles. The van der Waals surface area contributed by atoms with Gasteiger partial charge in [0.2, 0.25) is 10.0 Å². The lowest BCUT2D eigenvalue weighted by Crippen LogP contribution is -2.35. The zero-order valence-electron chi connectivity index (χ0n) is 8.97. The minimum absolute atomic E-state index is 0.0169. The maximum atomic E-state index is 11.5. The van der Waals surface area contributed by atoms with Crippen molar-refractivity contribution in [1.82, 2.24) is 4.72 Å². The van der Waals surface area contributed by atoms with E-state index in [1.807, 2.05) is 4.72 Å². The Morgan fingerprint density at radius 2 is 1.75 bits per heavy atom. The Balaban J connectivity index is 2.85. The van der Waals surface area contributed by atoms with Gasteiger partial charge in [0.05, 0.1) is 5.25 Å². The quantitative estimate of drug-likeness (QED) is 0.824. The van der Waals surface area contributed by atoms with Crippen LogP contribution in [-0.2, 0) is 10.0 Å². The first-order valence-corrected chi connectivity index (χ1v) is 6.22. The normalized spacial score (nSPS) is 11.4. The zero-order valence-corrected chi connectivity index (χ0v) is 9.78. The van der Waals surface area contributed by atoms with Crippen molar-refractivity contribution < 1.29 is 18.3 Å². The summed E-state index contributed by atoms with van der Waals surface area (Å²) >= 11 is 0. The molecule has 0 aromatic heterocycles. The predicted octanol–water partition coefficient (Wildman–Crippen LogP) is 0.860. The van der Waals surface area contributed by atoms with E-state index in [-0.39, 0.29) is 11.3 Å². The van der Waals surface area contributed by atoms with Crippen LogP contribution in [0.5, 0.6) is 5.75 Å². The highest BCUT2D eigenvalue weighted by Crippen LogP contribution is 2.10. The van der Waals surface area contributed by atoms with Gasteiger partial charge in [0.1, 0.15) is 5.75 Å². The zero-order chi connectivity index (χ0) is 12.3. The molecule has 0 aliphatic heterocycles. The Bertz CT molecular complexity index is 476. The van der Waals surface area contributed by atoms with Crippen LogP contribution in [-0.4, -0.2) is 24.7 Å². The minimum atomic E-state index is -3.62. The van der Waals surface area contributed by atoms with Gasteiger partial charge >= 0.3 is 0 Å². The number of nitrogens with one attached hydrogen (secondary N) is 1. The summed E-state index contributed by atoms with van der Waals surface area (Å²) in [6.07, 6.45) is 0. The van der Waals surface area contributed by atoms with Crippen LogP contribution in [0.3, 0.4) is 0 Å². The van der Waals surface area contributed by atoms with Crippen molar-refractivity contribution in [2.24, 2.45) is 0 Å². The number of hydrogen-bond acceptors (Lipinski definition) is 4. The van der Waals surface area contributed by atoms with Gasteiger partial charge < -0.3 is 5.11 Å². The molecular formula is C10H13NO4S. The number of rotatable bonds is 3. The highest BCUT2D eigenvalue weighted by atomic mass is 32.2. The van der Waals surface area contributed by atoms with Crippen molar-refractivity contribution in [2.75, 3.05) is 0 Å². The third-order valence-electron chi connectivity index (χ3n) is 1.99. The smallest absolute Gasteiger partial charge is 0.264 e. The van der Waals surface area contributed by atoms with Gasteiger partial charge in [-0.2, -0.15) is 0 Å². The second-order valence-corrected chi connectivity index (χ2v) is 5.81. The average Bonchev–Trinajstić information content (AvgIpc) is 2.17. The van der Waals surface area contributed by atoms with E-state index in [2.05, 4.69) is 0 Å². The highest BCUT2D eigenvalue weighted by molar-refractivity contribution is 7.90. The second kappa shape index (κ2) is 4.52. The van der Waals surface area contributed by atoms with Gasteiger partial charge in [-0.1, -0.05) is 0 Å². The van der Waals surface area contributed by atoms with Crippen molar-refractivity contribution in [1.29, 1.82) is 0 Å². The predicted molar refractivity (Wildman–Crippen MR) is 59.6 cm³/mol. The molecule has 88 valence electrons. The Kier molecular flexibility index (Phi) is 3.54. The maximum absolute atomic E-state index is 11.5. The number of carbonyl (C=O) groups excluding carboxylic acids is 1. The van der Waals surface area contributed by atoms with Crippen molar-refractivity contribution >= 4 is 15.9 Å². The molecule has 2 N–H and O–H groups in total. The lowest BCUT2D eigenvalue weighted by molar-refractivity contribution is 0.0981. The van der Waals surface area contributed by atoms with E-state index in [1.54, 1.807) is 0 Å². The summed E-state index contributed by atoms with van der Waals surface area (Å²) < 4.78 is 24.7. The first-order chi connectivity index (χ1) is 7.33. The van der Waals surface area contributed by atoms with Crippen LogP contribution in [0.1, 0.15) is 24.2 Å². The van der Waals surface area contributed by atoms with E-state index in [0.717, 1.165) is 0 Å². The lowest BCUT2D eigenvalue weighted by Gasteiger charge is -2.09. The molecule has 0 heterocycles. The number of carbonyl (C=O) groups is 1. The molecule has 1 amide bonds. The molecule has 0 fully saturated rings. The van der Waals surface area contributed by atoms with E-state index in [0.29, 0.717) is 0 Å². The number of benzene rings is 1. The van der Waals surface area contributed by atoms with Crippen LogP contribution in [0, 0.1) is 0 Å². The van der Waals surface area contributed by atoms with E-state index in [9.17, 15) is 13.2 Å². The van der Waals surface area contributed by atoms with E-state index in [4.69, 9.17) is 5.11 Å². The minimum Gasteiger partial charge on any atom is -0.508 e. The molecular weight excluding hydrogens is 230 g/mol.